The topological polar surface area (TPSA) is 42.7 Å². The van der Waals surface area contributed by atoms with Crippen LogP contribution in [-0.4, -0.2) is 31.1 Å². The van der Waals surface area contributed by atoms with Crippen molar-refractivity contribution in [2.45, 2.75) is 25.7 Å². The maximum absolute atomic E-state index is 11.8. The van der Waals surface area contributed by atoms with Gasteiger partial charge in [-0.15, -0.1) is 0 Å². The molecule has 0 atom stereocenters. The third-order valence-corrected chi connectivity index (χ3v) is 4.01. The Morgan fingerprint density at radius 2 is 1.90 bits per heavy atom. The number of nitrogens with zero attached hydrogens (tertiary/aromatic N) is 1. The van der Waals surface area contributed by atoms with Gasteiger partial charge in [0.05, 0.1) is 11.6 Å². The van der Waals surface area contributed by atoms with Gasteiger partial charge in [0.2, 0.25) is 0 Å². The fourth-order valence-corrected chi connectivity index (χ4v) is 2.81. The summed E-state index contributed by atoms with van der Waals surface area (Å²) in [5, 5.41) is 0.574. The molecule has 3 rings (SSSR count). The molecule has 4 nitrogen and oxygen atoms in total. The summed E-state index contributed by atoms with van der Waals surface area (Å²) in [4.78, 5) is 14.2. The van der Waals surface area contributed by atoms with E-state index in [1.54, 1.807) is 12.1 Å². The second-order valence-corrected chi connectivity index (χ2v) is 5.55. The van der Waals surface area contributed by atoms with Gasteiger partial charge in [0.25, 0.3) is 0 Å². The lowest BCUT2D eigenvalue weighted by atomic mass is 10.2. The van der Waals surface area contributed by atoms with Gasteiger partial charge in [0.15, 0.2) is 5.43 Å². The van der Waals surface area contributed by atoms with Crippen LogP contribution in [0.5, 0.6) is 5.75 Å². The molecule has 0 spiro atoms. The summed E-state index contributed by atoms with van der Waals surface area (Å²) in [6.07, 6.45) is 6.69. The van der Waals surface area contributed by atoms with E-state index in [1.165, 1.54) is 51.1 Å². The predicted molar refractivity (Wildman–Crippen MR) is 82.9 cm³/mol. The normalized spacial score (nSPS) is 16.8. The smallest absolute Gasteiger partial charge is 0.192 e. The van der Waals surface area contributed by atoms with Gasteiger partial charge in [-0.05, 0) is 44.1 Å². The first-order chi connectivity index (χ1) is 10.3. The Morgan fingerprint density at radius 3 is 2.71 bits per heavy atom. The van der Waals surface area contributed by atoms with Gasteiger partial charge >= 0.3 is 0 Å². The highest BCUT2D eigenvalue weighted by molar-refractivity contribution is 5.77. The minimum absolute atomic E-state index is 0.0331. The third kappa shape index (κ3) is 3.64. The van der Waals surface area contributed by atoms with Crippen molar-refractivity contribution in [1.29, 1.82) is 0 Å². The molecule has 1 aromatic heterocycles. The van der Waals surface area contributed by atoms with Crippen molar-refractivity contribution in [2.75, 3.05) is 26.2 Å². The Balaban J connectivity index is 1.60. The highest BCUT2D eigenvalue weighted by atomic mass is 16.5. The van der Waals surface area contributed by atoms with Gasteiger partial charge in [-0.3, -0.25) is 9.69 Å². The maximum atomic E-state index is 11.8. The molecule has 1 aromatic carbocycles. The molecule has 0 unspecified atom stereocenters. The van der Waals surface area contributed by atoms with Gasteiger partial charge in [-0.1, -0.05) is 12.8 Å². The molecule has 1 fully saturated rings. The molecule has 0 saturated carbocycles. The molecule has 0 bridgehead atoms. The molecule has 112 valence electrons. The zero-order valence-corrected chi connectivity index (χ0v) is 12.2. The Labute approximate surface area is 124 Å². The molecule has 0 radical (unpaired) electrons. The van der Waals surface area contributed by atoms with Crippen LogP contribution in [-0.2, 0) is 0 Å². The van der Waals surface area contributed by atoms with Crippen LogP contribution in [0.2, 0.25) is 0 Å². The Hall–Kier alpha value is -1.81. The van der Waals surface area contributed by atoms with Crippen LogP contribution in [0.1, 0.15) is 25.7 Å². The number of likely N-dealkylation sites (tertiary alicyclic amines) is 1. The Morgan fingerprint density at radius 1 is 1.10 bits per heavy atom. The molecule has 21 heavy (non-hydrogen) atoms. The fraction of sp³-hybridized carbons (Fsp3) is 0.471. The molecule has 0 N–H and O–H groups in total. The van der Waals surface area contributed by atoms with Crippen LogP contribution in [0, 0.1) is 0 Å². The van der Waals surface area contributed by atoms with Crippen LogP contribution in [0.4, 0.5) is 0 Å². The first-order valence-electron chi connectivity index (χ1n) is 7.70. The van der Waals surface area contributed by atoms with Crippen molar-refractivity contribution in [3.63, 3.8) is 0 Å². The summed E-state index contributed by atoms with van der Waals surface area (Å²) >= 11 is 0. The third-order valence-electron chi connectivity index (χ3n) is 4.01. The lowest BCUT2D eigenvalue weighted by Crippen LogP contribution is -2.29. The minimum atomic E-state index is -0.0331. The van der Waals surface area contributed by atoms with Crippen molar-refractivity contribution >= 4 is 11.0 Å². The zero-order valence-electron chi connectivity index (χ0n) is 12.2. The maximum Gasteiger partial charge on any atom is 0.192 e. The van der Waals surface area contributed by atoms with Crippen molar-refractivity contribution in [3.05, 3.63) is 40.8 Å². The van der Waals surface area contributed by atoms with Crippen LogP contribution in [0.15, 0.2) is 39.7 Å². The Kier molecular flexibility index (Phi) is 4.55. The first-order valence-corrected chi connectivity index (χ1v) is 7.70. The molecule has 2 aromatic rings. The van der Waals surface area contributed by atoms with E-state index in [0.717, 1.165) is 12.3 Å². The molecule has 1 aliphatic rings. The van der Waals surface area contributed by atoms with Crippen LogP contribution in [0.3, 0.4) is 0 Å². The summed E-state index contributed by atoms with van der Waals surface area (Å²) in [6.45, 7) is 3.94. The van der Waals surface area contributed by atoms with Gasteiger partial charge in [-0.25, -0.2) is 0 Å². The number of rotatable bonds is 4. The Bertz CT molecular complexity index is 642. The van der Waals surface area contributed by atoms with Crippen molar-refractivity contribution in [2.24, 2.45) is 0 Å². The zero-order chi connectivity index (χ0) is 14.5. The highest BCUT2D eigenvalue weighted by Crippen LogP contribution is 2.18. The largest absolute Gasteiger partial charge is 0.492 e. The molecule has 1 saturated heterocycles. The van der Waals surface area contributed by atoms with E-state index in [0.29, 0.717) is 17.6 Å². The summed E-state index contributed by atoms with van der Waals surface area (Å²) in [5.74, 6) is 0.732. The average molecular weight is 287 g/mol. The average Bonchev–Trinajstić information content (AvgIpc) is 2.77. The SMILES string of the molecule is O=c1ccoc2ccc(OCCN3CCCCCC3)cc12. The lowest BCUT2D eigenvalue weighted by Gasteiger charge is -2.19. The minimum Gasteiger partial charge on any atom is -0.492 e. The molecular weight excluding hydrogens is 266 g/mol. The molecule has 0 amide bonds. The van der Waals surface area contributed by atoms with E-state index in [-0.39, 0.29) is 5.43 Å². The van der Waals surface area contributed by atoms with Gasteiger partial charge < -0.3 is 9.15 Å². The fourth-order valence-electron chi connectivity index (χ4n) is 2.81. The lowest BCUT2D eigenvalue weighted by molar-refractivity contribution is 0.214. The van der Waals surface area contributed by atoms with Crippen molar-refractivity contribution in [3.8, 4) is 5.75 Å². The van der Waals surface area contributed by atoms with Crippen LogP contribution < -0.4 is 10.2 Å². The van der Waals surface area contributed by atoms with E-state index in [9.17, 15) is 4.79 Å². The standard InChI is InChI=1S/C17H21NO3/c19-16-7-11-21-17-6-5-14(13-15(16)17)20-12-10-18-8-3-1-2-4-9-18/h5-7,11,13H,1-4,8-10,12H2. The predicted octanol–water partition coefficient (Wildman–Crippen LogP) is 3.05. The quantitative estimate of drug-likeness (QED) is 0.867. The van der Waals surface area contributed by atoms with Gasteiger partial charge in [0, 0.05) is 12.6 Å². The number of benzene rings is 1. The van der Waals surface area contributed by atoms with E-state index >= 15 is 0 Å². The monoisotopic (exact) mass is 287 g/mol. The summed E-state index contributed by atoms with van der Waals surface area (Å²) in [7, 11) is 0. The van der Waals surface area contributed by atoms with Gasteiger partial charge in [-0.2, -0.15) is 0 Å². The number of ether oxygens (including phenoxy) is 1. The summed E-state index contributed by atoms with van der Waals surface area (Å²) in [5.41, 5.74) is 0.566. The van der Waals surface area contributed by atoms with Crippen LogP contribution in [0.25, 0.3) is 11.0 Å². The molecule has 0 aliphatic carbocycles. The summed E-state index contributed by atoms with van der Waals surface area (Å²) < 4.78 is 11.1. The van der Waals surface area contributed by atoms with Crippen molar-refractivity contribution < 1.29 is 9.15 Å². The van der Waals surface area contributed by atoms with Crippen molar-refractivity contribution in [1.82, 2.24) is 4.90 Å². The van der Waals surface area contributed by atoms with E-state index in [2.05, 4.69) is 4.90 Å². The van der Waals surface area contributed by atoms with Gasteiger partial charge in [0.1, 0.15) is 17.9 Å². The number of hydrogen-bond acceptors (Lipinski definition) is 4. The van der Waals surface area contributed by atoms with Crippen LogP contribution >= 0.6 is 0 Å². The number of fused-ring (bicyclic) bond motifs is 1. The van der Waals surface area contributed by atoms with E-state index < -0.39 is 0 Å². The molecule has 2 heterocycles. The first kappa shape index (κ1) is 14.1. The van der Waals surface area contributed by atoms with E-state index in [4.69, 9.17) is 9.15 Å². The van der Waals surface area contributed by atoms with E-state index in [1.807, 2.05) is 6.07 Å². The second-order valence-electron chi connectivity index (χ2n) is 5.55. The molecule has 1 aliphatic heterocycles. The highest BCUT2D eigenvalue weighted by Gasteiger charge is 2.09. The molecule has 4 heteroatoms. The number of hydrogen-bond donors (Lipinski definition) is 0. The second kappa shape index (κ2) is 6.76. The summed E-state index contributed by atoms with van der Waals surface area (Å²) in [6, 6.07) is 6.85. The molecular formula is C17H21NO3.